The minimum atomic E-state index is -0.260. The molecule has 1 aromatic heterocycles. The summed E-state index contributed by atoms with van der Waals surface area (Å²) in [6.07, 6.45) is 8.07. The third-order valence-corrected chi connectivity index (χ3v) is 5.09. The van der Waals surface area contributed by atoms with Crippen LogP contribution in [0.15, 0.2) is 42.7 Å². The first kappa shape index (κ1) is 16.9. The molecule has 0 amide bonds. The van der Waals surface area contributed by atoms with E-state index in [4.69, 9.17) is 10.5 Å². The number of nitrogens with two attached hydrogens (primary N) is 1. The normalized spacial score (nSPS) is 23.9. The fourth-order valence-electron chi connectivity index (χ4n) is 3.37. The van der Waals surface area contributed by atoms with Crippen molar-refractivity contribution >= 4 is 0 Å². The van der Waals surface area contributed by atoms with Gasteiger partial charge in [-0.15, -0.1) is 0 Å². The molecule has 3 N–H and O–H groups in total. The summed E-state index contributed by atoms with van der Waals surface area (Å²) in [5.41, 5.74) is 9.74. The average Bonchev–Trinajstić information content (AvgIpc) is 2.63. The Morgan fingerprint density at radius 2 is 1.88 bits per heavy atom. The number of methoxy groups -OCH3 is 1. The molecule has 0 atom stereocenters. The predicted molar refractivity (Wildman–Crippen MR) is 97.6 cm³/mol. The minimum absolute atomic E-state index is 0.260. The van der Waals surface area contributed by atoms with Gasteiger partial charge in [0.15, 0.2) is 0 Å². The lowest BCUT2D eigenvalue weighted by atomic mass is 9.83. The summed E-state index contributed by atoms with van der Waals surface area (Å²) in [6.45, 7) is 3.02. The van der Waals surface area contributed by atoms with Crippen LogP contribution in [0, 0.1) is 5.92 Å². The summed E-state index contributed by atoms with van der Waals surface area (Å²) < 4.78 is 5.53. The van der Waals surface area contributed by atoms with Gasteiger partial charge in [0.2, 0.25) is 0 Å². The van der Waals surface area contributed by atoms with E-state index in [0.717, 1.165) is 35.6 Å². The molecule has 1 saturated carbocycles. The first-order valence-electron chi connectivity index (χ1n) is 8.71. The third-order valence-electron chi connectivity index (χ3n) is 5.09. The lowest BCUT2D eigenvalue weighted by Gasteiger charge is -2.37. The van der Waals surface area contributed by atoms with Crippen LogP contribution in [0.2, 0.25) is 0 Å². The molecule has 1 fully saturated rings. The molecule has 0 spiro atoms. The Balaban J connectivity index is 1.76. The molecule has 24 heavy (non-hydrogen) atoms. The molecule has 3 rings (SSSR count). The number of rotatable bonds is 5. The number of nitrogens with zero attached hydrogens (tertiary/aromatic N) is 1. The van der Waals surface area contributed by atoms with E-state index in [1.807, 2.05) is 30.6 Å². The summed E-state index contributed by atoms with van der Waals surface area (Å²) in [5, 5.41) is 3.57. The summed E-state index contributed by atoms with van der Waals surface area (Å²) in [4.78, 5) is 4.09. The quantitative estimate of drug-likeness (QED) is 0.823. The van der Waals surface area contributed by atoms with Crippen molar-refractivity contribution in [1.82, 2.24) is 10.3 Å². The molecule has 1 aromatic carbocycles. The van der Waals surface area contributed by atoms with E-state index >= 15 is 0 Å². The summed E-state index contributed by atoms with van der Waals surface area (Å²) >= 11 is 0. The molecule has 0 bridgehead atoms. The van der Waals surface area contributed by atoms with Crippen LogP contribution in [0.3, 0.4) is 0 Å². The number of aromatic nitrogens is 1. The van der Waals surface area contributed by atoms with E-state index < -0.39 is 0 Å². The molecular weight excluding hydrogens is 298 g/mol. The smallest absolute Gasteiger partial charge is 0.123 e. The van der Waals surface area contributed by atoms with Crippen LogP contribution in [-0.4, -0.2) is 17.8 Å². The van der Waals surface area contributed by atoms with Gasteiger partial charge in [0.1, 0.15) is 5.75 Å². The van der Waals surface area contributed by atoms with Crippen molar-refractivity contribution in [2.24, 2.45) is 11.7 Å². The highest BCUT2D eigenvalue weighted by Crippen LogP contribution is 2.30. The molecular formula is C20H27N3O. The number of hydrogen-bond donors (Lipinski definition) is 2. The maximum absolute atomic E-state index is 6.55. The molecule has 4 nitrogen and oxygen atoms in total. The number of nitrogens with one attached hydrogen (secondary N) is 1. The Kier molecular flexibility index (Phi) is 5.17. The molecule has 128 valence electrons. The zero-order chi connectivity index (χ0) is 17.0. The van der Waals surface area contributed by atoms with E-state index in [-0.39, 0.29) is 5.66 Å². The van der Waals surface area contributed by atoms with Gasteiger partial charge < -0.3 is 10.5 Å². The maximum atomic E-state index is 6.55. The number of ether oxygens (including phenoxy) is 1. The Morgan fingerprint density at radius 3 is 2.54 bits per heavy atom. The van der Waals surface area contributed by atoms with Crippen molar-refractivity contribution in [2.45, 2.75) is 44.8 Å². The van der Waals surface area contributed by atoms with E-state index in [2.05, 4.69) is 29.4 Å². The SMILES string of the molecule is COc1ccc(-c2ccncc2)cc1CNC1(N)CCC(C)CC1. The zero-order valence-electron chi connectivity index (χ0n) is 14.6. The van der Waals surface area contributed by atoms with Crippen molar-refractivity contribution < 1.29 is 4.74 Å². The van der Waals surface area contributed by atoms with Crippen LogP contribution in [0.1, 0.15) is 38.2 Å². The average molecular weight is 325 g/mol. The van der Waals surface area contributed by atoms with Gasteiger partial charge in [-0.3, -0.25) is 10.3 Å². The number of hydrogen-bond acceptors (Lipinski definition) is 4. The van der Waals surface area contributed by atoms with Crippen LogP contribution in [0.25, 0.3) is 11.1 Å². The lowest BCUT2D eigenvalue weighted by Crippen LogP contribution is -2.54. The van der Waals surface area contributed by atoms with Crippen molar-refractivity contribution in [3.05, 3.63) is 48.3 Å². The van der Waals surface area contributed by atoms with Crippen molar-refractivity contribution in [3.8, 4) is 16.9 Å². The largest absolute Gasteiger partial charge is 0.496 e. The first-order valence-corrected chi connectivity index (χ1v) is 8.71. The molecule has 0 aliphatic heterocycles. The fourth-order valence-corrected chi connectivity index (χ4v) is 3.37. The molecule has 4 heteroatoms. The summed E-state index contributed by atoms with van der Waals surface area (Å²) in [7, 11) is 1.71. The molecule has 0 saturated heterocycles. The highest BCUT2D eigenvalue weighted by atomic mass is 16.5. The van der Waals surface area contributed by atoms with Crippen LogP contribution in [-0.2, 0) is 6.54 Å². The van der Waals surface area contributed by atoms with E-state index in [1.54, 1.807) is 7.11 Å². The van der Waals surface area contributed by atoms with Gasteiger partial charge in [0.25, 0.3) is 0 Å². The van der Waals surface area contributed by atoms with Crippen LogP contribution in [0.4, 0.5) is 0 Å². The Hall–Kier alpha value is -1.91. The van der Waals surface area contributed by atoms with Gasteiger partial charge in [0.05, 0.1) is 12.8 Å². The second-order valence-corrected chi connectivity index (χ2v) is 6.95. The van der Waals surface area contributed by atoms with Gasteiger partial charge in [0, 0.05) is 24.5 Å². The van der Waals surface area contributed by atoms with E-state index in [9.17, 15) is 0 Å². The minimum Gasteiger partial charge on any atom is -0.496 e. The highest BCUT2D eigenvalue weighted by Gasteiger charge is 2.29. The monoisotopic (exact) mass is 325 g/mol. The Morgan fingerprint density at radius 1 is 1.17 bits per heavy atom. The van der Waals surface area contributed by atoms with E-state index in [1.165, 1.54) is 18.4 Å². The van der Waals surface area contributed by atoms with Crippen LogP contribution < -0.4 is 15.8 Å². The van der Waals surface area contributed by atoms with Crippen molar-refractivity contribution in [1.29, 1.82) is 0 Å². The molecule has 2 aromatic rings. The van der Waals surface area contributed by atoms with E-state index in [0.29, 0.717) is 6.54 Å². The van der Waals surface area contributed by atoms with Gasteiger partial charge in [-0.2, -0.15) is 0 Å². The Bertz CT molecular complexity index is 664. The second kappa shape index (κ2) is 7.32. The van der Waals surface area contributed by atoms with Gasteiger partial charge in [-0.1, -0.05) is 13.0 Å². The molecule has 1 heterocycles. The number of pyridine rings is 1. The predicted octanol–water partition coefficient (Wildman–Crippen LogP) is 3.71. The van der Waals surface area contributed by atoms with Gasteiger partial charge >= 0.3 is 0 Å². The fraction of sp³-hybridized carbons (Fsp3) is 0.450. The van der Waals surface area contributed by atoms with Crippen molar-refractivity contribution in [2.75, 3.05) is 7.11 Å². The lowest BCUT2D eigenvalue weighted by molar-refractivity contribution is 0.199. The van der Waals surface area contributed by atoms with Gasteiger partial charge in [-0.05, 0) is 67.0 Å². The standard InChI is InChI=1S/C20H27N3O/c1-15-5-9-20(21,10-6-15)23-14-18-13-17(3-4-19(18)24-2)16-7-11-22-12-8-16/h3-4,7-8,11-13,15,23H,5-6,9-10,14,21H2,1-2H3. The first-order chi connectivity index (χ1) is 11.6. The van der Waals surface area contributed by atoms with Gasteiger partial charge in [-0.25, -0.2) is 0 Å². The summed E-state index contributed by atoms with van der Waals surface area (Å²) in [6, 6.07) is 10.3. The van der Waals surface area contributed by atoms with Crippen LogP contribution in [0.5, 0.6) is 5.75 Å². The second-order valence-electron chi connectivity index (χ2n) is 6.95. The molecule has 1 aliphatic rings. The maximum Gasteiger partial charge on any atom is 0.123 e. The zero-order valence-corrected chi connectivity index (χ0v) is 14.6. The van der Waals surface area contributed by atoms with Crippen molar-refractivity contribution in [3.63, 3.8) is 0 Å². The highest BCUT2D eigenvalue weighted by molar-refractivity contribution is 5.65. The molecule has 1 aliphatic carbocycles. The topological polar surface area (TPSA) is 60.2 Å². The Labute approximate surface area is 144 Å². The molecule has 0 unspecified atom stereocenters. The third kappa shape index (κ3) is 3.94. The summed E-state index contributed by atoms with van der Waals surface area (Å²) in [5.74, 6) is 1.68. The van der Waals surface area contributed by atoms with Crippen LogP contribution >= 0.6 is 0 Å². The number of benzene rings is 1. The molecule has 0 radical (unpaired) electrons.